The number of halogens is 1. The van der Waals surface area contributed by atoms with Crippen molar-refractivity contribution in [2.45, 2.75) is 37.5 Å². The van der Waals surface area contributed by atoms with Gasteiger partial charge in [0.1, 0.15) is 5.75 Å². The number of rotatable bonds is 7. The van der Waals surface area contributed by atoms with Crippen LogP contribution in [0, 0.1) is 12.1 Å². The maximum atomic E-state index is 13.1. The lowest BCUT2D eigenvalue weighted by Gasteiger charge is -2.12. The van der Waals surface area contributed by atoms with E-state index in [-0.39, 0.29) is 27.9 Å². The molecule has 0 unspecified atom stereocenters. The van der Waals surface area contributed by atoms with Crippen LogP contribution in [0.3, 0.4) is 0 Å². The number of sulfone groups is 1. The van der Waals surface area contributed by atoms with Gasteiger partial charge in [0.15, 0.2) is 27.5 Å². The smallest absolute Gasteiger partial charge is 0.193 e. The van der Waals surface area contributed by atoms with Crippen LogP contribution in [0.1, 0.15) is 41.0 Å². The van der Waals surface area contributed by atoms with Gasteiger partial charge in [-0.05, 0) is 55.8 Å². The summed E-state index contributed by atoms with van der Waals surface area (Å²) >= 11 is 6.08. The van der Waals surface area contributed by atoms with Crippen LogP contribution >= 0.6 is 11.6 Å². The quantitative estimate of drug-likeness (QED) is 0.299. The molecule has 3 aromatic rings. The second kappa shape index (κ2) is 9.08. The number of hydrogen-bond donors (Lipinski definition) is 0. The fourth-order valence-electron chi connectivity index (χ4n) is 3.07. The van der Waals surface area contributed by atoms with E-state index in [0.717, 1.165) is 0 Å². The van der Waals surface area contributed by atoms with E-state index >= 15 is 0 Å². The van der Waals surface area contributed by atoms with Crippen LogP contribution in [-0.4, -0.2) is 20.3 Å². The molecule has 6 nitrogen and oxygen atoms in total. The zero-order chi connectivity index (χ0) is 22.8. The highest BCUT2D eigenvalue weighted by atomic mass is 35.5. The molecule has 0 spiro atoms. The topological polar surface area (TPSA) is 87.4 Å². The summed E-state index contributed by atoms with van der Waals surface area (Å²) in [6.45, 7) is 5.35. The highest BCUT2D eigenvalue weighted by Gasteiger charge is 2.22. The van der Waals surface area contributed by atoms with E-state index in [1.165, 1.54) is 42.6 Å². The number of benzene rings is 2. The number of ether oxygens (including phenoxy) is 1. The van der Waals surface area contributed by atoms with Crippen molar-refractivity contribution in [3.63, 3.8) is 0 Å². The zero-order valence-electron chi connectivity index (χ0n) is 17.3. The summed E-state index contributed by atoms with van der Waals surface area (Å²) in [6.07, 6.45) is 1.22. The molecular formula is C23H22ClNO5S. The molecule has 3 rings (SSSR count). The highest BCUT2D eigenvalue weighted by molar-refractivity contribution is 7.90. The zero-order valence-corrected chi connectivity index (χ0v) is 18.9. The minimum atomic E-state index is -3.73. The second-order valence-corrected chi connectivity index (χ2v) is 9.84. The highest BCUT2D eigenvalue weighted by Crippen LogP contribution is 2.25. The molecule has 0 fully saturated rings. The molecular weight excluding hydrogens is 438 g/mol. The van der Waals surface area contributed by atoms with Gasteiger partial charge < -0.3 is 9.94 Å². The van der Waals surface area contributed by atoms with Crippen molar-refractivity contribution < 1.29 is 22.7 Å². The van der Waals surface area contributed by atoms with Crippen LogP contribution in [-0.2, 0) is 15.6 Å². The molecule has 0 saturated heterocycles. The van der Waals surface area contributed by atoms with Crippen LogP contribution in [0.25, 0.3) is 0 Å². The van der Waals surface area contributed by atoms with Crippen LogP contribution in [0.4, 0.5) is 0 Å². The lowest BCUT2D eigenvalue weighted by Crippen LogP contribution is -2.29. The average molecular weight is 460 g/mol. The summed E-state index contributed by atoms with van der Waals surface area (Å²) in [5.41, 5.74) is 1.14. The summed E-state index contributed by atoms with van der Waals surface area (Å²) in [5.74, 6) is -0.202. The molecule has 2 aromatic carbocycles. The van der Waals surface area contributed by atoms with E-state index in [1.807, 2.05) is 13.8 Å². The fraction of sp³-hybridized carbons (Fsp3) is 0.217. The average Bonchev–Trinajstić information content (AvgIpc) is 2.70. The molecule has 31 heavy (non-hydrogen) atoms. The predicted molar refractivity (Wildman–Crippen MR) is 118 cm³/mol. The van der Waals surface area contributed by atoms with Gasteiger partial charge in [-0.15, -0.1) is 0 Å². The Morgan fingerprint density at radius 1 is 1.10 bits per heavy atom. The van der Waals surface area contributed by atoms with Crippen molar-refractivity contribution in [2.24, 2.45) is 0 Å². The summed E-state index contributed by atoms with van der Waals surface area (Å²) in [7, 11) is -3.73. The Hall–Kier alpha value is -2.90. The lowest BCUT2D eigenvalue weighted by molar-refractivity contribution is -0.612. The first-order chi connectivity index (χ1) is 14.6. The SMILES string of the molecule is Cc1cc(C(=O)c2cc(Cl)ccc2CS(=O)(=O)c2ccc(OC(C)C)cc2)cc[n+]1[O-]. The Morgan fingerprint density at radius 3 is 2.39 bits per heavy atom. The van der Waals surface area contributed by atoms with Crippen molar-refractivity contribution in [1.82, 2.24) is 0 Å². The maximum absolute atomic E-state index is 13.1. The summed E-state index contributed by atoms with van der Waals surface area (Å²) in [5, 5.41) is 11.9. The number of aryl methyl sites for hydroxylation is 1. The molecule has 0 N–H and O–H groups in total. The first-order valence-electron chi connectivity index (χ1n) is 9.59. The Labute approximate surface area is 186 Å². The standard InChI is InChI=1S/C23H22ClNO5S/c1-15(2)30-20-6-8-21(9-7-20)31(28,29)14-18-4-5-19(24)13-22(18)23(26)17-10-11-25(27)16(3)12-17/h4-13,15H,14H2,1-3H3. The second-order valence-electron chi connectivity index (χ2n) is 7.41. The molecule has 0 aliphatic carbocycles. The molecule has 1 aromatic heterocycles. The van der Waals surface area contributed by atoms with Crippen molar-refractivity contribution in [1.29, 1.82) is 0 Å². The molecule has 0 amide bonds. The molecule has 8 heteroatoms. The van der Waals surface area contributed by atoms with Crippen molar-refractivity contribution in [3.8, 4) is 5.75 Å². The monoisotopic (exact) mass is 459 g/mol. The fourth-order valence-corrected chi connectivity index (χ4v) is 4.62. The molecule has 0 aliphatic heterocycles. The van der Waals surface area contributed by atoms with Gasteiger partial charge in [-0.2, -0.15) is 4.73 Å². The number of carbonyl (C=O) groups excluding carboxylic acids is 1. The van der Waals surface area contributed by atoms with Gasteiger partial charge in [-0.25, -0.2) is 8.42 Å². The molecule has 0 aliphatic rings. The van der Waals surface area contributed by atoms with E-state index in [2.05, 4.69) is 0 Å². The first kappa shape index (κ1) is 22.8. The van der Waals surface area contributed by atoms with Crippen molar-refractivity contribution in [3.05, 3.63) is 93.4 Å². The number of aromatic nitrogens is 1. The third kappa shape index (κ3) is 5.42. The Morgan fingerprint density at radius 2 is 1.77 bits per heavy atom. The Bertz CT molecular complexity index is 1220. The van der Waals surface area contributed by atoms with Crippen LogP contribution < -0.4 is 9.47 Å². The number of carbonyl (C=O) groups is 1. The van der Waals surface area contributed by atoms with Crippen LogP contribution in [0.5, 0.6) is 5.75 Å². The van der Waals surface area contributed by atoms with Crippen LogP contribution in [0.15, 0.2) is 65.7 Å². The summed E-state index contributed by atoms with van der Waals surface area (Å²) < 4.78 is 32.2. The first-order valence-corrected chi connectivity index (χ1v) is 11.6. The predicted octanol–water partition coefficient (Wildman–Crippen LogP) is 4.27. The van der Waals surface area contributed by atoms with Gasteiger partial charge in [0.2, 0.25) is 0 Å². The van der Waals surface area contributed by atoms with Gasteiger partial charge in [0, 0.05) is 35.2 Å². The number of ketones is 1. The Kier molecular flexibility index (Phi) is 6.67. The third-order valence-corrected chi connectivity index (χ3v) is 6.50. The molecule has 1 heterocycles. The summed E-state index contributed by atoms with van der Waals surface area (Å²) in [4.78, 5) is 13.2. The van der Waals surface area contributed by atoms with Crippen LogP contribution in [0.2, 0.25) is 5.02 Å². The van der Waals surface area contributed by atoms with Crippen molar-refractivity contribution >= 4 is 27.2 Å². The van der Waals surface area contributed by atoms with Gasteiger partial charge >= 0.3 is 0 Å². The molecule has 0 atom stereocenters. The maximum Gasteiger partial charge on any atom is 0.193 e. The van der Waals surface area contributed by atoms with Gasteiger partial charge in [0.05, 0.1) is 16.8 Å². The number of hydrogen-bond acceptors (Lipinski definition) is 5. The molecule has 0 radical (unpaired) electrons. The van der Waals surface area contributed by atoms with Gasteiger partial charge in [0.25, 0.3) is 0 Å². The minimum absolute atomic E-state index is 0.0252. The van der Waals surface area contributed by atoms with E-state index in [4.69, 9.17) is 16.3 Å². The normalized spacial score (nSPS) is 11.5. The largest absolute Gasteiger partial charge is 0.619 e. The van der Waals surface area contributed by atoms with E-state index < -0.39 is 15.6 Å². The minimum Gasteiger partial charge on any atom is -0.619 e. The molecule has 0 saturated carbocycles. The van der Waals surface area contributed by atoms with E-state index in [0.29, 0.717) is 26.8 Å². The van der Waals surface area contributed by atoms with Gasteiger partial charge in [-0.1, -0.05) is 17.7 Å². The van der Waals surface area contributed by atoms with E-state index in [9.17, 15) is 18.4 Å². The molecule has 162 valence electrons. The Balaban J connectivity index is 1.94. The molecule has 0 bridgehead atoms. The lowest BCUT2D eigenvalue weighted by atomic mass is 9.99. The third-order valence-electron chi connectivity index (χ3n) is 4.58. The summed E-state index contributed by atoms with van der Waals surface area (Å²) in [6, 6.07) is 13.6. The number of pyridine rings is 1. The van der Waals surface area contributed by atoms with Crippen molar-refractivity contribution in [2.75, 3.05) is 0 Å². The van der Waals surface area contributed by atoms with E-state index in [1.54, 1.807) is 25.1 Å². The van der Waals surface area contributed by atoms with Gasteiger partial charge in [-0.3, -0.25) is 4.79 Å². The number of nitrogens with zero attached hydrogens (tertiary/aromatic N) is 1.